The lowest BCUT2D eigenvalue weighted by atomic mass is 9.78. The Hall–Kier alpha value is -2.42. The molecule has 3 heteroatoms. The van der Waals surface area contributed by atoms with Crippen LogP contribution in [-0.4, -0.2) is 22.5 Å². The van der Waals surface area contributed by atoms with Crippen molar-refractivity contribution in [1.82, 2.24) is 9.88 Å². The summed E-state index contributed by atoms with van der Waals surface area (Å²) in [6, 6.07) is 6.76. The smallest absolute Gasteiger partial charge is 0.0917 e. The van der Waals surface area contributed by atoms with Crippen LogP contribution in [-0.2, 0) is 6.42 Å². The van der Waals surface area contributed by atoms with Crippen molar-refractivity contribution in [3.63, 3.8) is 0 Å². The zero-order chi connectivity index (χ0) is 15.4. The predicted molar refractivity (Wildman–Crippen MR) is 92.1 cm³/mol. The van der Waals surface area contributed by atoms with Crippen LogP contribution in [0.25, 0.3) is 16.5 Å². The molecule has 1 aromatic carbocycles. The van der Waals surface area contributed by atoms with Crippen LogP contribution in [0, 0.1) is 5.92 Å². The fraction of sp³-hybridized carbons (Fsp3) is 0.263. The van der Waals surface area contributed by atoms with Gasteiger partial charge in [-0.25, -0.2) is 0 Å². The van der Waals surface area contributed by atoms with Crippen LogP contribution in [0.3, 0.4) is 0 Å². The minimum Gasteiger partial charge on any atom is -0.386 e. The summed E-state index contributed by atoms with van der Waals surface area (Å²) in [5, 5.41) is 1.36. The van der Waals surface area contributed by atoms with Gasteiger partial charge in [0, 0.05) is 29.6 Å². The largest absolute Gasteiger partial charge is 0.386 e. The molecule has 112 valence electrons. The summed E-state index contributed by atoms with van der Waals surface area (Å²) in [7, 11) is 0. The van der Waals surface area contributed by atoms with Gasteiger partial charge >= 0.3 is 0 Å². The van der Waals surface area contributed by atoms with E-state index >= 15 is 0 Å². The molecule has 0 saturated carbocycles. The van der Waals surface area contributed by atoms with Crippen LogP contribution in [0.1, 0.15) is 18.1 Å². The molecule has 1 aliphatic heterocycles. The molecule has 0 amide bonds. The van der Waals surface area contributed by atoms with E-state index in [4.69, 9.17) is 5.73 Å². The third-order valence-electron chi connectivity index (χ3n) is 5.02. The Labute approximate surface area is 130 Å². The van der Waals surface area contributed by atoms with Gasteiger partial charge in [-0.05, 0) is 36.1 Å². The Morgan fingerprint density at radius 3 is 2.91 bits per heavy atom. The quantitative estimate of drug-likeness (QED) is 0.833. The predicted octanol–water partition coefficient (Wildman–Crippen LogP) is 3.41. The molecular formula is C19H21N3. The van der Waals surface area contributed by atoms with Gasteiger partial charge in [-0.1, -0.05) is 36.9 Å². The molecular weight excluding hydrogens is 270 g/mol. The molecule has 3 N–H and O–H groups in total. The first-order valence-corrected chi connectivity index (χ1v) is 7.73. The van der Waals surface area contributed by atoms with E-state index in [1.807, 2.05) is 0 Å². The fourth-order valence-corrected chi connectivity index (χ4v) is 3.86. The number of rotatable bonds is 2. The van der Waals surface area contributed by atoms with Crippen molar-refractivity contribution in [2.45, 2.75) is 19.4 Å². The number of fused-ring (bicyclic) bond motifs is 2. The molecule has 2 aliphatic rings. The highest BCUT2D eigenvalue weighted by molar-refractivity contribution is 5.98. The first-order chi connectivity index (χ1) is 10.6. The zero-order valence-electron chi connectivity index (χ0n) is 12.9. The molecule has 3 nitrogen and oxygen atoms in total. The molecule has 22 heavy (non-hydrogen) atoms. The molecule has 2 aromatic rings. The number of H-pyrrole nitrogens is 1. The third-order valence-corrected chi connectivity index (χ3v) is 5.02. The summed E-state index contributed by atoms with van der Waals surface area (Å²) in [6.45, 7) is 11.1. The molecule has 2 heterocycles. The van der Waals surface area contributed by atoms with E-state index in [1.54, 1.807) is 0 Å². The Balaban J connectivity index is 1.95. The minimum absolute atomic E-state index is 0.280. The highest BCUT2D eigenvalue weighted by atomic mass is 15.2. The fourth-order valence-electron chi connectivity index (χ4n) is 3.86. The van der Waals surface area contributed by atoms with Gasteiger partial charge in [0.15, 0.2) is 0 Å². The maximum absolute atomic E-state index is 6.10. The molecule has 2 unspecified atom stereocenters. The van der Waals surface area contributed by atoms with Crippen LogP contribution in [0.2, 0.25) is 0 Å². The molecule has 1 aliphatic carbocycles. The lowest BCUT2D eigenvalue weighted by Crippen LogP contribution is -2.46. The summed E-state index contributed by atoms with van der Waals surface area (Å²) >= 11 is 0. The Morgan fingerprint density at radius 2 is 2.18 bits per heavy atom. The number of hydrogen-bond donors (Lipinski definition) is 2. The number of hydrogen-bond acceptors (Lipinski definition) is 2. The van der Waals surface area contributed by atoms with Crippen LogP contribution in [0.5, 0.6) is 0 Å². The molecule has 0 saturated heterocycles. The van der Waals surface area contributed by atoms with E-state index in [0.717, 1.165) is 13.0 Å². The molecule has 0 bridgehead atoms. The van der Waals surface area contributed by atoms with E-state index in [9.17, 15) is 0 Å². The minimum atomic E-state index is 0.280. The van der Waals surface area contributed by atoms with E-state index < -0.39 is 0 Å². The number of nitrogens with one attached hydrogen (secondary N) is 1. The summed E-state index contributed by atoms with van der Waals surface area (Å²) in [4.78, 5) is 5.63. The van der Waals surface area contributed by atoms with Gasteiger partial charge in [-0.15, -0.1) is 0 Å². The van der Waals surface area contributed by atoms with Gasteiger partial charge in [0.05, 0.1) is 11.9 Å². The summed E-state index contributed by atoms with van der Waals surface area (Å²) in [6.07, 6.45) is 5.49. The molecule has 0 fully saturated rings. The second-order valence-electron chi connectivity index (χ2n) is 6.48. The van der Waals surface area contributed by atoms with Crippen molar-refractivity contribution in [3.8, 4) is 0 Å². The number of aromatic nitrogens is 1. The maximum Gasteiger partial charge on any atom is 0.0917 e. The topological polar surface area (TPSA) is 45.0 Å². The summed E-state index contributed by atoms with van der Waals surface area (Å²) in [5.41, 5.74) is 12.5. The van der Waals surface area contributed by atoms with Gasteiger partial charge in [0.25, 0.3) is 0 Å². The SMILES string of the molecule is C=C(C)C1C=C2c3cccc4[nH]cc(c34)CC2N(C(=C)N)C1. The molecule has 0 spiro atoms. The highest BCUT2D eigenvalue weighted by Crippen LogP contribution is 2.42. The molecule has 2 atom stereocenters. The number of aromatic amines is 1. The van der Waals surface area contributed by atoms with Crippen molar-refractivity contribution >= 4 is 16.5 Å². The van der Waals surface area contributed by atoms with Crippen LogP contribution in [0.15, 0.2) is 55.0 Å². The monoisotopic (exact) mass is 291 g/mol. The molecule has 4 rings (SSSR count). The lowest BCUT2D eigenvalue weighted by molar-refractivity contribution is 0.264. The average Bonchev–Trinajstić information content (AvgIpc) is 2.91. The van der Waals surface area contributed by atoms with Crippen molar-refractivity contribution in [3.05, 3.63) is 66.2 Å². The van der Waals surface area contributed by atoms with Crippen molar-refractivity contribution in [1.29, 1.82) is 0 Å². The van der Waals surface area contributed by atoms with Gasteiger partial charge < -0.3 is 15.6 Å². The highest BCUT2D eigenvalue weighted by Gasteiger charge is 2.35. The first-order valence-electron chi connectivity index (χ1n) is 7.73. The number of nitrogens with zero attached hydrogens (tertiary/aromatic N) is 1. The first kappa shape index (κ1) is 13.3. The van der Waals surface area contributed by atoms with E-state index in [2.05, 4.69) is 60.4 Å². The Bertz CT molecular complexity index is 824. The third kappa shape index (κ3) is 1.75. The van der Waals surface area contributed by atoms with E-state index in [0.29, 0.717) is 11.7 Å². The van der Waals surface area contributed by atoms with Crippen LogP contribution >= 0.6 is 0 Å². The average molecular weight is 291 g/mol. The zero-order valence-corrected chi connectivity index (χ0v) is 12.9. The van der Waals surface area contributed by atoms with Crippen molar-refractivity contribution in [2.75, 3.05) is 6.54 Å². The second-order valence-corrected chi connectivity index (χ2v) is 6.48. The number of benzene rings is 1. The molecule has 1 aromatic heterocycles. The van der Waals surface area contributed by atoms with E-state index in [1.165, 1.54) is 33.2 Å². The van der Waals surface area contributed by atoms with Crippen molar-refractivity contribution < 1.29 is 0 Å². The summed E-state index contributed by atoms with van der Waals surface area (Å²) in [5.74, 6) is 0.968. The standard InChI is InChI=1S/C19H21N3/c1-11(2)14-7-16-15-5-4-6-17-19(15)13(9-21-17)8-18(16)22(10-14)12(3)20/h4-7,9,14,18,21H,1,3,8,10,20H2,2H3. The lowest BCUT2D eigenvalue weighted by Gasteiger charge is -2.43. The van der Waals surface area contributed by atoms with Gasteiger partial charge in [0.1, 0.15) is 0 Å². The van der Waals surface area contributed by atoms with Crippen molar-refractivity contribution in [2.24, 2.45) is 11.7 Å². The van der Waals surface area contributed by atoms with Crippen LogP contribution < -0.4 is 5.73 Å². The maximum atomic E-state index is 6.10. The Kier molecular flexibility index (Phi) is 2.73. The van der Waals surface area contributed by atoms with Gasteiger partial charge in [-0.3, -0.25) is 0 Å². The van der Waals surface area contributed by atoms with Gasteiger partial charge in [-0.2, -0.15) is 0 Å². The Morgan fingerprint density at radius 1 is 1.36 bits per heavy atom. The van der Waals surface area contributed by atoms with E-state index in [-0.39, 0.29) is 6.04 Å². The second kappa shape index (κ2) is 4.54. The normalized spacial score (nSPS) is 23.1. The van der Waals surface area contributed by atoms with Gasteiger partial charge in [0.2, 0.25) is 0 Å². The van der Waals surface area contributed by atoms with Crippen LogP contribution in [0.4, 0.5) is 0 Å². The summed E-state index contributed by atoms with van der Waals surface area (Å²) < 4.78 is 0. The number of nitrogens with two attached hydrogens (primary N) is 1. The molecule has 0 radical (unpaired) electrons.